The van der Waals surface area contributed by atoms with E-state index in [0.29, 0.717) is 5.92 Å². The first-order valence-corrected chi connectivity index (χ1v) is 7.32. The van der Waals surface area contributed by atoms with Crippen LogP contribution in [0.25, 0.3) is 0 Å². The number of rotatable bonds is 4. The number of methoxy groups -OCH3 is 1. The van der Waals surface area contributed by atoms with E-state index in [1.165, 1.54) is 12.7 Å². The van der Waals surface area contributed by atoms with E-state index in [1.807, 2.05) is 6.07 Å². The standard InChI is InChI=1S/C16H22N2O3/c1-21-15(19)12-17-16(20)18-9-7-14(8-10-18)11-13-5-3-2-4-6-13/h2-6,14H,7-12H2,1H3,(H,17,20). The van der Waals surface area contributed by atoms with E-state index < -0.39 is 5.97 Å². The van der Waals surface area contributed by atoms with Crippen LogP contribution in [-0.2, 0) is 16.0 Å². The molecule has 0 atom stereocenters. The molecule has 1 aromatic rings. The summed E-state index contributed by atoms with van der Waals surface area (Å²) in [5, 5.41) is 2.58. The van der Waals surface area contributed by atoms with Crippen molar-refractivity contribution in [2.24, 2.45) is 5.92 Å². The first-order valence-electron chi connectivity index (χ1n) is 7.32. The van der Waals surface area contributed by atoms with Gasteiger partial charge >= 0.3 is 12.0 Å². The summed E-state index contributed by atoms with van der Waals surface area (Å²) in [6.07, 6.45) is 3.07. The molecule has 1 aliphatic rings. The highest BCUT2D eigenvalue weighted by Gasteiger charge is 2.23. The molecular weight excluding hydrogens is 268 g/mol. The SMILES string of the molecule is COC(=O)CNC(=O)N1CCC(Cc2ccccc2)CC1. The third-order valence-electron chi connectivity index (χ3n) is 3.88. The highest BCUT2D eigenvalue weighted by molar-refractivity contribution is 5.80. The van der Waals surface area contributed by atoms with E-state index >= 15 is 0 Å². The molecule has 1 aliphatic heterocycles. The van der Waals surface area contributed by atoms with E-state index in [9.17, 15) is 9.59 Å². The van der Waals surface area contributed by atoms with Gasteiger partial charge in [-0.05, 0) is 30.7 Å². The van der Waals surface area contributed by atoms with Crippen LogP contribution in [0.4, 0.5) is 4.79 Å². The van der Waals surface area contributed by atoms with Gasteiger partial charge in [0.05, 0.1) is 7.11 Å². The van der Waals surface area contributed by atoms with E-state index in [-0.39, 0.29) is 12.6 Å². The minimum atomic E-state index is -0.428. The molecule has 1 aromatic carbocycles. The van der Waals surface area contributed by atoms with Crippen LogP contribution in [-0.4, -0.2) is 43.6 Å². The molecule has 0 saturated carbocycles. The minimum absolute atomic E-state index is 0.0702. The number of amides is 2. The van der Waals surface area contributed by atoms with Crippen molar-refractivity contribution in [1.82, 2.24) is 10.2 Å². The summed E-state index contributed by atoms with van der Waals surface area (Å²) in [7, 11) is 1.31. The number of hydrogen-bond donors (Lipinski definition) is 1. The lowest BCUT2D eigenvalue weighted by Crippen LogP contribution is -2.46. The molecule has 1 N–H and O–H groups in total. The highest BCUT2D eigenvalue weighted by Crippen LogP contribution is 2.21. The third kappa shape index (κ3) is 4.77. The summed E-state index contributed by atoms with van der Waals surface area (Å²) in [6.45, 7) is 1.41. The van der Waals surface area contributed by atoms with Crippen molar-refractivity contribution in [3.8, 4) is 0 Å². The molecule has 0 aliphatic carbocycles. The molecule has 0 radical (unpaired) electrons. The Labute approximate surface area is 125 Å². The van der Waals surface area contributed by atoms with E-state index in [1.54, 1.807) is 4.90 Å². The van der Waals surface area contributed by atoms with Crippen LogP contribution in [0, 0.1) is 5.92 Å². The maximum atomic E-state index is 11.9. The first-order chi connectivity index (χ1) is 10.2. The van der Waals surface area contributed by atoms with Crippen molar-refractivity contribution in [3.63, 3.8) is 0 Å². The molecule has 1 fully saturated rings. The maximum Gasteiger partial charge on any atom is 0.325 e. The van der Waals surface area contributed by atoms with Gasteiger partial charge in [-0.2, -0.15) is 0 Å². The minimum Gasteiger partial charge on any atom is -0.468 e. The van der Waals surface area contributed by atoms with Gasteiger partial charge in [-0.25, -0.2) is 4.79 Å². The Morgan fingerprint density at radius 1 is 1.24 bits per heavy atom. The van der Waals surface area contributed by atoms with Gasteiger partial charge in [0.25, 0.3) is 0 Å². The molecule has 1 saturated heterocycles. The van der Waals surface area contributed by atoms with Gasteiger partial charge in [-0.15, -0.1) is 0 Å². The number of carbonyl (C=O) groups excluding carboxylic acids is 2. The smallest absolute Gasteiger partial charge is 0.325 e. The topological polar surface area (TPSA) is 58.6 Å². The molecular formula is C16H22N2O3. The van der Waals surface area contributed by atoms with Crippen molar-refractivity contribution in [1.29, 1.82) is 0 Å². The Balaban J connectivity index is 1.72. The van der Waals surface area contributed by atoms with Crippen molar-refractivity contribution in [3.05, 3.63) is 35.9 Å². The zero-order chi connectivity index (χ0) is 15.1. The number of piperidine rings is 1. The summed E-state index contributed by atoms with van der Waals surface area (Å²) in [5.41, 5.74) is 1.35. The van der Waals surface area contributed by atoms with Crippen LogP contribution < -0.4 is 5.32 Å². The monoisotopic (exact) mass is 290 g/mol. The summed E-state index contributed by atoms with van der Waals surface area (Å²) >= 11 is 0. The number of carbonyl (C=O) groups is 2. The number of nitrogens with zero attached hydrogens (tertiary/aromatic N) is 1. The largest absolute Gasteiger partial charge is 0.468 e. The van der Waals surface area contributed by atoms with Crippen LogP contribution in [0.2, 0.25) is 0 Å². The Morgan fingerprint density at radius 2 is 1.90 bits per heavy atom. The molecule has 114 valence electrons. The molecule has 0 bridgehead atoms. The van der Waals surface area contributed by atoms with Crippen molar-refractivity contribution < 1.29 is 14.3 Å². The van der Waals surface area contributed by atoms with Gasteiger partial charge < -0.3 is 15.0 Å². The van der Waals surface area contributed by atoms with Crippen molar-refractivity contribution in [2.75, 3.05) is 26.7 Å². The number of urea groups is 1. The number of hydrogen-bond acceptors (Lipinski definition) is 3. The number of ether oxygens (including phenoxy) is 1. The molecule has 2 amide bonds. The fourth-order valence-electron chi connectivity index (χ4n) is 2.62. The maximum absolute atomic E-state index is 11.9. The van der Waals surface area contributed by atoms with Gasteiger partial charge in [-0.1, -0.05) is 30.3 Å². The van der Waals surface area contributed by atoms with Gasteiger partial charge in [0.2, 0.25) is 0 Å². The van der Waals surface area contributed by atoms with E-state index in [0.717, 1.165) is 32.4 Å². The average molecular weight is 290 g/mol. The average Bonchev–Trinajstić information content (AvgIpc) is 2.54. The van der Waals surface area contributed by atoms with Crippen LogP contribution >= 0.6 is 0 Å². The number of nitrogens with one attached hydrogen (secondary N) is 1. The Morgan fingerprint density at radius 3 is 2.52 bits per heavy atom. The van der Waals surface area contributed by atoms with Crippen LogP contribution in [0.15, 0.2) is 30.3 Å². The summed E-state index contributed by atoms with van der Waals surface area (Å²) < 4.78 is 4.50. The first kappa shape index (κ1) is 15.4. The molecule has 0 unspecified atom stereocenters. The van der Waals surface area contributed by atoms with Gasteiger partial charge in [0.15, 0.2) is 0 Å². The molecule has 21 heavy (non-hydrogen) atoms. The summed E-state index contributed by atoms with van der Waals surface area (Å²) in [5.74, 6) is 0.194. The van der Waals surface area contributed by atoms with Crippen LogP contribution in [0.3, 0.4) is 0 Å². The Hall–Kier alpha value is -2.04. The Kier molecular flexibility index (Phi) is 5.60. The van der Waals surface area contributed by atoms with E-state index in [2.05, 4.69) is 34.3 Å². The molecule has 0 aromatic heterocycles. The Bertz CT molecular complexity index is 468. The number of esters is 1. The van der Waals surface area contributed by atoms with Gasteiger partial charge in [-0.3, -0.25) is 4.79 Å². The molecule has 5 heteroatoms. The highest BCUT2D eigenvalue weighted by atomic mass is 16.5. The van der Waals surface area contributed by atoms with E-state index in [4.69, 9.17) is 0 Å². The lowest BCUT2D eigenvalue weighted by atomic mass is 9.90. The fourth-order valence-corrected chi connectivity index (χ4v) is 2.62. The van der Waals surface area contributed by atoms with Gasteiger partial charge in [0.1, 0.15) is 6.54 Å². The summed E-state index contributed by atoms with van der Waals surface area (Å²) in [6, 6.07) is 10.3. The molecule has 1 heterocycles. The molecule has 2 rings (SSSR count). The second kappa shape index (κ2) is 7.67. The van der Waals surface area contributed by atoms with Gasteiger partial charge in [0, 0.05) is 13.1 Å². The lowest BCUT2D eigenvalue weighted by molar-refractivity contribution is -0.139. The quantitative estimate of drug-likeness (QED) is 0.861. The second-order valence-electron chi connectivity index (χ2n) is 5.35. The zero-order valence-corrected chi connectivity index (χ0v) is 12.4. The van der Waals surface area contributed by atoms with Crippen molar-refractivity contribution in [2.45, 2.75) is 19.3 Å². The lowest BCUT2D eigenvalue weighted by Gasteiger charge is -2.32. The predicted octanol–water partition coefficient (Wildman–Crippen LogP) is 1.82. The molecule has 5 nitrogen and oxygen atoms in total. The number of likely N-dealkylation sites (tertiary alicyclic amines) is 1. The zero-order valence-electron chi connectivity index (χ0n) is 12.4. The fraction of sp³-hybridized carbons (Fsp3) is 0.500. The second-order valence-corrected chi connectivity index (χ2v) is 5.35. The van der Waals surface area contributed by atoms with Crippen molar-refractivity contribution >= 4 is 12.0 Å². The third-order valence-corrected chi connectivity index (χ3v) is 3.88. The normalized spacial score (nSPS) is 15.6. The summed E-state index contributed by atoms with van der Waals surface area (Å²) in [4.78, 5) is 24.7. The molecule has 0 spiro atoms. The van der Waals surface area contributed by atoms with Crippen LogP contribution in [0.1, 0.15) is 18.4 Å². The predicted molar refractivity (Wildman–Crippen MR) is 79.9 cm³/mol. The number of benzene rings is 1. The van der Waals surface area contributed by atoms with Crippen LogP contribution in [0.5, 0.6) is 0 Å².